The average Bonchev–Trinajstić information content (AvgIpc) is 2.06. The second-order valence-corrected chi connectivity index (χ2v) is 2.79. The Bertz CT molecular complexity index is 383. The van der Waals surface area contributed by atoms with Crippen LogP contribution in [0.5, 0.6) is 0 Å². The standard InChI is InChI=1S/C7H4BrN3/c8-6-5-2-1-3-9-7(5)11-4-10-6/h1-4H. The molecule has 0 bridgehead atoms. The van der Waals surface area contributed by atoms with Crippen LogP contribution in [0.3, 0.4) is 0 Å². The smallest absolute Gasteiger partial charge is 0.163 e. The van der Waals surface area contributed by atoms with Crippen LogP contribution in [0.1, 0.15) is 0 Å². The lowest BCUT2D eigenvalue weighted by atomic mass is 10.3. The van der Waals surface area contributed by atoms with E-state index in [2.05, 4.69) is 30.9 Å². The first-order valence-corrected chi connectivity index (χ1v) is 3.88. The van der Waals surface area contributed by atoms with Crippen molar-refractivity contribution in [2.45, 2.75) is 0 Å². The maximum absolute atomic E-state index is 4.06. The first-order chi connectivity index (χ1) is 5.38. The molecular formula is C7H4BrN3. The summed E-state index contributed by atoms with van der Waals surface area (Å²) in [5.41, 5.74) is 0.717. The molecular weight excluding hydrogens is 206 g/mol. The Morgan fingerprint density at radius 3 is 2.91 bits per heavy atom. The number of hydrogen-bond acceptors (Lipinski definition) is 3. The van der Waals surface area contributed by atoms with Gasteiger partial charge in [0.05, 0.1) is 5.39 Å². The summed E-state index contributed by atoms with van der Waals surface area (Å²) in [5.74, 6) is 0. The minimum absolute atomic E-state index is 0.717. The minimum atomic E-state index is 0.717. The van der Waals surface area contributed by atoms with Crippen LogP contribution in [-0.2, 0) is 0 Å². The first kappa shape index (κ1) is 6.67. The predicted octanol–water partition coefficient (Wildman–Crippen LogP) is 1.79. The van der Waals surface area contributed by atoms with Gasteiger partial charge >= 0.3 is 0 Å². The largest absolute Gasteiger partial charge is 0.237 e. The van der Waals surface area contributed by atoms with Crippen molar-refractivity contribution in [2.75, 3.05) is 0 Å². The van der Waals surface area contributed by atoms with Gasteiger partial charge in [-0.15, -0.1) is 0 Å². The van der Waals surface area contributed by atoms with E-state index in [9.17, 15) is 0 Å². The Morgan fingerprint density at radius 1 is 1.18 bits per heavy atom. The first-order valence-electron chi connectivity index (χ1n) is 3.09. The highest BCUT2D eigenvalue weighted by Gasteiger charge is 1.97. The van der Waals surface area contributed by atoms with Crippen LogP contribution < -0.4 is 0 Å². The molecule has 0 aliphatic carbocycles. The van der Waals surface area contributed by atoms with E-state index < -0.39 is 0 Å². The molecule has 0 aliphatic rings. The van der Waals surface area contributed by atoms with E-state index in [4.69, 9.17) is 0 Å². The molecule has 3 nitrogen and oxygen atoms in total. The molecule has 4 heteroatoms. The number of halogens is 1. The van der Waals surface area contributed by atoms with E-state index in [1.165, 1.54) is 6.33 Å². The third-order valence-corrected chi connectivity index (χ3v) is 1.99. The normalized spacial score (nSPS) is 10.3. The van der Waals surface area contributed by atoms with Crippen molar-refractivity contribution in [3.05, 3.63) is 29.3 Å². The summed E-state index contributed by atoms with van der Waals surface area (Å²) in [6.45, 7) is 0. The summed E-state index contributed by atoms with van der Waals surface area (Å²) in [7, 11) is 0. The summed E-state index contributed by atoms with van der Waals surface area (Å²) in [6, 6.07) is 3.78. The summed E-state index contributed by atoms with van der Waals surface area (Å²) in [4.78, 5) is 12.0. The third kappa shape index (κ3) is 1.09. The Kier molecular flexibility index (Phi) is 1.54. The maximum Gasteiger partial charge on any atom is 0.163 e. The summed E-state index contributed by atoms with van der Waals surface area (Å²) < 4.78 is 0.788. The number of nitrogens with zero attached hydrogens (tertiary/aromatic N) is 3. The Balaban J connectivity index is 2.91. The SMILES string of the molecule is Brc1ncnc2ncccc12. The molecule has 2 aromatic heterocycles. The van der Waals surface area contributed by atoms with Gasteiger partial charge in [-0.25, -0.2) is 15.0 Å². The zero-order chi connectivity index (χ0) is 7.68. The number of pyridine rings is 1. The molecule has 0 aromatic carbocycles. The van der Waals surface area contributed by atoms with Crippen LogP contribution in [0, 0.1) is 0 Å². The van der Waals surface area contributed by atoms with Crippen molar-refractivity contribution in [1.82, 2.24) is 15.0 Å². The lowest BCUT2D eigenvalue weighted by Gasteiger charge is -1.94. The Morgan fingerprint density at radius 2 is 2.09 bits per heavy atom. The zero-order valence-electron chi connectivity index (χ0n) is 5.53. The minimum Gasteiger partial charge on any atom is -0.237 e. The molecule has 2 rings (SSSR count). The van der Waals surface area contributed by atoms with Crippen molar-refractivity contribution in [3.63, 3.8) is 0 Å². The molecule has 0 atom stereocenters. The molecule has 2 heterocycles. The second kappa shape index (κ2) is 2.54. The van der Waals surface area contributed by atoms with Gasteiger partial charge in [0.2, 0.25) is 0 Å². The fourth-order valence-corrected chi connectivity index (χ4v) is 1.27. The molecule has 0 saturated carbocycles. The van der Waals surface area contributed by atoms with Crippen LogP contribution in [0.4, 0.5) is 0 Å². The lowest BCUT2D eigenvalue weighted by Crippen LogP contribution is -1.85. The van der Waals surface area contributed by atoms with E-state index in [1.807, 2.05) is 12.1 Å². The summed E-state index contributed by atoms with van der Waals surface area (Å²) >= 11 is 3.31. The molecule has 0 amide bonds. The van der Waals surface area contributed by atoms with Crippen LogP contribution in [0.25, 0.3) is 11.0 Å². The maximum atomic E-state index is 4.06. The van der Waals surface area contributed by atoms with E-state index in [-0.39, 0.29) is 0 Å². The fraction of sp³-hybridized carbons (Fsp3) is 0. The van der Waals surface area contributed by atoms with Gasteiger partial charge in [0.15, 0.2) is 5.65 Å². The van der Waals surface area contributed by atoms with Gasteiger partial charge in [-0.1, -0.05) is 0 Å². The van der Waals surface area contributed by atoms with E-state index in [1.54, 1.807) is 6.20 Å². The number of fused-ring (bicyclic) bond motifs is 1. The van der Waals surface area contributed by atoms with Crippen LogP contribution >= 0.6 is 15.9 Å². The summed E-state index contributed by atoms with van der Waals surface area (Å²) in [5, 5.41) is 0.940. The topological polar surface area (TPSA) is 38.7 Å². The number of rotatable bonds is 0. The molecule has 11 heavy (non-hydrogen) atoms. The lowest BCUT2D eigenvalue weighted by molar-refractivity contribution is 1.16. The molecule has 0 fully saturated rings. The molecule has 54 valence electrons. The fourth-order valence-electron chi connectivity index (χ4n) is 0.865. The van der Waals surface area contributed by atoms with Crippen LogP contribution in [0.2, 0.25) is 0 Å². The third-order valence-electron chi connectivity index (χ3n) is 1.36. The number of hydrogen-bond donors (Lipinski definition) is 0. The highest BCUT2D eigenvalue weighted by molar-refractivity contribution is 9.10. The molecule has 0 radical (unpaired) electrons. The molecule has 0 aliphatic heterocycles. The zero-order valence-corrected chi connectivity index (χ0v) is 7.12. The average molecular weight is 210 g/mol. The molecule has 0 unspecified atom stereocenters. The monoisotopic (exact) mass is 209 g/mol. The van der Waals surface area contributed by atoms with Crippen molar-refractivity contribution in [3.8, 4) is 0 Å². The molecule has 0 spiro atoms. The van der Waals surface area contributed by atoms with Crippen LogP contribution in [-0.4, -0.2) is 15.0 Å². The highest BCUT2D eigenvalue weighted by Crippen LogP contribution is 2.16. The molecule has 2 aromatic rings. The van der Waals surface area contributed by atoms with E-state index in [0.29, 0.717) is 0 Å². The van der Waals surface area contributed by atoms with Gasteiger partial charge in [0.1, 0.15) is 10.9 Å². The Hall–Kier alpha value is -1.03. The van der Waals surface area contributed by atoms with Gasteiger partial charge in [0, 0.05) is 6.20 Å². The van der Waals surface area contributed by atoms with Gasteiger partial charge < -0.3 is 0 Å². The Labute approximate surface area is 71.6 Å². The number of aromatic nitrogens is 3. The van der Waals surface area contributed by atoms with Crippen LogP contribution in [0.15, 0.2) is 29.3 Å². The van der Waals surface area contributed by atoms with Gasteiger partial charge in [-0.05, 0) is 28.1 Å². The highest BCUT2D eigenvalue weighted by atomic mass is 79.9. The predicted molar refractivity (Wildman–Crippen MR) is 45.0 cm³/mol. The second-order valence-electron chi connectivity index (χ2n) is 2.04. The van der Waals surface area contributed by atoms with Crippen molar-refractivity contribution >= 4 is 27.0 Å². The van der Waals surface area contributed by atoms with E-state index >= 15 is 0 Å². The van der Waals surface area contributed by atoms with Gasteiger partial charge in [-0.2, -0.15) is 0 Å². The van der Waals surface area contributed by atoms with Crippen molar-refractivity contribution in [2.24, 2.45) is 0 Å². The van der Waals surface area contributed by atoms with Crippen molar-refractivity contribution in [1.29, 1.82) is 0 Å². The van der Waals surface area contributed by atoms with Gasteiger partial charge in [-0.3, -0.25) is 0 Å². The van der Waals surface area contributed by atoms with Crippen molar-refractivity contribution < 1.29 is 0 Å². The molecule has 0 N–H and O–H groups in total. The quantitative estimate of drug-likeness (QED) is 0.622. The van der Waals surface area contributed by atoms with Gasteiger partial charge in [0.25, 0.3) is 0 Å². The van der Waals surface area contributed by atoms with E-state index in [0.717, 1.165) is 15.6 Å². The summed E-state index contributed by atoms with van der Waals surface area (Å²) in [6.07, 6.45) is 3.20. The molecule has 0 saturated heterocycles.